The Morgan fingerprint density at radius 2 is 1.79 bits per heavy atom. The van der Waals surface area contributed by atoms with E-state index in [9.17, 15) is 13.2 Å². The fraction of sp³-hybridized carbons (Fsp3) is 0.222. The van der Waals surface area contributed by atoms with E-state index in [1.165, 1.54) is 12.1 Å². The Balaban J connectivity index is 2.53. The Kier molecular flexibility index (Phi) is 2.12. The summed E-state index contributed by atoms with van der Waals surface area (Å²) in [7, 11) is 1.50. The van der Waals surface area contributed by atoms with Crippen molar-refractivity contribution in [2.24, 2.45) is 0 Å². The summed E-state index contributed by atoms with van der Waals surface area (Å²) < 4.78 is 22.0. The number of Topliss-reactive ketones (excluding diaryl/α,β-unsaturated/α-hetero) is 1. The highest BCUT2D eigenvalue weighted by molar-refractivity contribution is 8.13. The first-order chi connectivity index (χ1) is 6.47. The van der Waals surface area contributed by atoms with Crippen LogP contribution in [0.15, 0.2) is 23.1 Å². The summed E-state index contributed by atoms with van der Waals surface area (Å²) in [4.78, 5) is 11.1. The van der Waals surface area contributed by atoms with Crippen LogP contribution < -0.4 is 0 Å². The van der Waals surface area contributed by atoms with E-state index >= 15 is 0 Å². The van der Waals surface area contributed by atoms with Crippen molar-refractivity contribution >= 4 is 25.5 Å². The van der Waals surface area contributed by atoms with Gasteiger partial charge in [-0.05, 0) is 23.3 Å². The summed E-state index contributed by atoms with van der Waals surface area (Å²) in [5, 5.41) is 0. The van der Waals surface area contributed by atoms with E-state index in [0.29, 0.717) is 12.8 Å². The molecule has 14 heavy (non-hydrogen) atoms. The van der Waals surface area contributed by atoms with E-state index in [2.05, 4.69) is 0 Å². The van der Waals surface area contributed by atoms with Gasteiger partial charge in [0.1, 0.15) is 5.78 Å². The van der Waals surface area contributed by atoms with Gasteiger partial charge in [-0.2, -0.15) is 0 Å². The van der Waals surface area contributed by atoms with Crippen LogP contribution in [0.5, 0.6) is 0 Å². The van der Waals surface area contributed by atoms with E-state index < -0.39 is 9.05 Å². The molecule has 1 aliphatic rings. The van der Waals surface area contributed by atoms with Crippen molar-refractivity contribution in [1.29, 1.82) is 0 Å². The molecule has 0 atom stereocenters. The number of ketones is 1. The maximum atomic E-state index is 11.1. The monoisotopic (exact) mass is 230 g/mol. The van der Waals surface area contributed by atoms with E-state index in [1.54, 1.807) is 6.07 Å². The Bertz CT molecular complexity index is 505. The van der Waals surface area contributed by atoms with Crippen molar-refractivity contribution < 1.29 is 13.2 Å². The summed E-state index contributed by atoms with van der Waals surface area (Å²) in [5.41, 5.74) is 1.68. The minimum Gasteiger partial charge on any atom is -0.299 e. The molecule has 1 aromatic carbocycles. The normalized spacial score (nSPS) is 15.6. The molecule has 0 aromatic heterocycles. The molecule has 0 fully saturated rings. The van der Waals surface area contributed by atoms with Gasteiger partial charge in [-0.25, -0.2) is 8.42 Å². The molecule has 0 saturated carbocycles. The van der Waals surface area contributed by atoms with Gasteiger partial charge < -0.3 is 0 Å². The molecule has 1 aromatic rings. The molecule has 0 heterocycles. The maximum Gasteiger partial charge on any atom is 0.261 e. The lowest BCUT2D eigenvalue weighted by Gasteiger charge is -1.99. The topological polar surface area (TPSA) is 51.2 Å². The highest BCUT2D eigenvalue weighted by Crippen LogP contribution is 2.24. The molecule has 0 saturated heterocycles. The standard InChI is InChI=1S/C9H7ClO3S/c10-14(12,13)9-2-1-6-3-8(11)4-7(6)5-9/h1-2,5H,3-4H2. The van der Waals surface area contributed by atoms with Gasteiger partial charge in [0, 0.05) is 23.5 Å². The number of rotatable bonds is 1. The van der Waals surface area contributed by atoms with E-state index in [4.69, 9.17) is 10.7 Å². The van der Waals surface area contributed by atoms with Crippen LogP contribution in [-0.2, 0) is 26.7 Å². The van der Waals surface area contributed by atoms with Gasteiger partial charge >= 0.3 is 0 Å². The molecule has 0 unspecified atom stereocenters. The quantitative estimate of drug-likeness (QED) is 0.683. The van der Waals surface area contributed by atoms with Gasteiger partial charge in [0.25, 0.3) is 9.05 Å². The number of carbonyl (C=O) groups excluding carboxylic acids is 1. The fourth-order valence-corrected chi connectivity index (χ4v) is 2.38. The lowest BCUT2D eigenvalue weighted by molar-refractivity contribution is -0.117. The van der Waals surface area contributed by atoms with Crippen LogP contribution in [-0.4, -0.2) is 14.2 Å². The smallest absolute Gasteiger partial charge is 0.261 e. The molecule has 0 bridgehead atoms. The Morgan fingerprint density at radius 3 is 2.43 bits per heavy atom. The first-order valence-electron chi connectivity index (χ1n) is 4.05. The van der Waals surface area contributed by atoms with Gasteiger partial charge in [0.15, 0.2) is 0 Å². The fourth-order valence-electron chi connectivity index (χ4n) is 1.58. The van der Waals surface area contributed by atoms with Crippen LogP contribution in [0.4, 0.5) is 0 Å². The second-order valence-electron chi connectivity index (χ2n) is 3.26. The molecular weight excluding hydrogens is 224 g/mol. The lowest BCUT2D eigenvalue weighted by atomic mass is 10.1. The summed E-state index contributed by atoms with van der Waals surface area (Å²) in [6, 6.07) is 4.55. The molecule has 3 nitrogen and oxygen atoms in total. The zero-order chi connectivity index (χ0) is 10.3. The molecule has 0 N–H and O–H groups in total. The van der Waals surface area contributed by atoms with Crippen molar-refractivity contribution in [2.75, 3.05) is 0 Å². The summed E-state index contributed by atoms with van der Waals surface area (Å²) in [5.74, 6) is 0.115. The minimum atomic E-state index is -3.68. The van der Waals surface area contributed by atoms with Crippen molar-refractivity contribution in [3.8, 4) is 0 Å². The van der Waals surface area contributed by atoms with E-state index in [1.807, 2.05) is 0 Å². The number of benzene rings is 1. The number of hydrogen-bond acceptors (Lipinski definition) is 3. The minimum absolute atomic E-state index is 0.0626. The maximum absolute atomic E-state index is 11.1. The predicted octanol–water partition coefficient (Wildman–Crippen LogP) is 1.28. The number of halogens is 1. The van der Waals surface area contributed by atoms with Crippen LogP contribution in [0.25, 0.3) is 0 Å². The molecule has 0 radical (unpaired) electrons. The highest BCUT2D eigenvalue weighted by atomic mass is 35.7. The third-order valence-corrected chi connectivity index (χ3v) is 3.59. The zero-order valence-electron chi connectivity index (χ0n) is 7.16. The number of hydrogen-bond donors (Lipinski definition) is 0. The van der Waals surface area contributed by atoms with E-state index in [-0.39, 0.29) is 10.7 Å². The van der Waals surface area contributed by atoms with E-state index in [0.717, 1.165) is 11.1 Å². The van der Waals surface area contributed by atoms with Crippen LogP contribution in [0.1, 0.15) is 11.1 Å². The van der Waals surface area contributed by atoms with Gasteiger partial charge in [0.05, 0.1) is 4.90 Å². The van der Waals surface area contributed by atoms with Crippen LogP contribution in [0.2, 0.25) is 0 Å². The summed E-state index contributed by atoms with van der Waals surface area (Å²) in [6.45, 7) is 0. The molecular formula is C9H7ClO3S. The average Bonchev–Trinajstić information content (AvgIpc) is 2.41. The molecule has 1 aliphatic carbocycles. The summed E-state index contributed by atoms with van der Waals surface area (Å²) in [6.07, 6.45) is 0.716. The molecule has 74 valence electrons. The number of carbonyl (C=O) groups is 1. The van der Waals surface area contributed by atoms with Crippen molar-refractivity contribution in [2.45, 2.75) is 17.7 Å². The first-order valence-corrected chi connectivity index (χ1v) is 6.36. The molecule has 2 rings (SSSR count). The third kappa shape index (κ3) is 1.67. The highest BCUT2D eigenvalue weighted by Gasteiger charge is 2.20. The second-order valence-corrected chi connectivity index (χ2v) is 5.83. The second kappa shape index (κ2) is 3.07. The summed E-state index contributed by atoms with van der Waals surface area (Å²) >= 11 is 0. The zero-order valence-corrected chi connectivity index (χ0v) is 8.73. The van der Waals surface area contributed by atoms with Gasteiger partial charge in [0.2, 0.25) is 0 Å². The van der Waals surface area contributed by atoms with Crippen LogP contribution in [0, 0.1) is 0 Å². The van der Waals surface area contributed by atoms with Gasteiger partial charge in [-0.1, -0.05) is 6.07 Å². The van der Waals surface area contributed by atoms with Crippen molar-refractivity contribution in [3.63, 3.8) is 0 Å². The van der Waals surface area contributed by atoms with Crippen molar-refractivity contribution in [3.05, 3.63) is 29.3 Å². The predicted molar refractivity (Wildman–Crippen MR) is 51.9 cm³/mol. The van der Waals surface area contributed by atoms with Crippen LogP contribution in [0.3, 0.4) is 0 Å². The first kappa shape index (κ1) is 9.68. The molecule has 5 heteroatoms. The average molecular weight is 231 g/mol. The van der Waals surface area contributed by atoms with Gasteiger partial charge in [-0.15, -0.1) is 0 Å². The SMILES string of the molecule is O=C1Cc2ccc(S(=O)(=O)Cl)cc2C1. The van der Waals surface area contributed by atoms with Crippen LogP contribution >= 0.6 is 10.7 Å². The molecule has 0 amide bonds. The van der Waals surface area contributed by atoms with Gasteiger partial charge in [-0.3, -0.25) is 4.79 Å². The molecule has 0 spiro atoms. The Morgan fingerprint density at radius 1 is 1.14 bits per heavy atom. The molecule has 0 aliphatic heterocycles. The Labute approximate surface area is 86.1 Å². The largest absolute Gasteiger partial charge is 0.299 e. The lowest BCUT2D eigenvalue weighted by Crippen LogP contribution is -1.93. The number of fused-ring (bicyclic) bond motifs is 1. The Hall–Kier alpha value is -0.870. The third-order valence-electron chi connectivity index (χ3n) is 2.23. The van der Waals surface area contributed by atoms with Crippen molar-refractivity contribution in [1.82, 2.24) is 0 Å².